The Morgan fingerprint density at radius 1 is 0.848 bits per heavy atom. The summed E-state index contributed by atoms with van der Waals surface area (Å²) in [6, 6.07) is 18.4. The highest BCUT2D eigenvalue weighted by molar-refractivity contribution is 6.22. The largest absolute Gasteiger partial charge is 0.446 e. The summed E-state index contributed by atoms with van der Waals surface area (Å²) < 4.78 is 18.7. The third-order valence-corrected chi connectivity index (χ3v) is 5.24. The van der Waals surface area contributed by atoms with Crippen LogP contribution in [0.3, 0.4) is 0 Å². The average Bonchev–Trinajstić information content (AvgIpc) is 3.09. The van der Waals surface area contributed by atoms with Gasteiger partial charge in [0.2, 0.25) is 6.10 Å². The van der Waals surface area contributed by atoms with Crippen molar-refractivity contribution in [3.05, 3.63) is 101 Å². The molecule has 0 spiro atoms. The number of imide groups is 1. The smallest absolute Gasteiger partial charge is 0.330 e. The third kappa shape index (κ3) is 4.36. The predicted molar refractivity (Wildman–Crippen MR) is 117 cm³/mol. The van der Waals surface area contributed by atoms with Gasteiger partial charge in [-0.05, 0) is 43.3 Å². The maximum Gasteiger partial charge on any atom is 0.330 e. The summed E-state index contributed by atoms with van der Waals surface area (Å²) in [4.78, 5) is 52.1. The number of carbonyl (C=O) groups is 4. The zero-order valence-electron chi connectivity index (χ0n) is 17.5. The number of hydrogen-bond donors (Lipinski definition) is 1. The van der Waals surface area contributed by atoms with Gasteiger partial charge in [0.1, 0.15) is 11.9 Å². The van der Waals surface area contributed by atoms with Gasteiger partial charge in [0.25, 0.3) is 17.7 Å². The van der Waals surface area contributed by atoms with E-state index >= 15 is 0 Å². The van der Waals surface area contributed by atoms with Gasteiger partial charge in [-0.25, -0.2) is 9.18 Å². The number of hydrogen-bond acceptors (Lipinski definition) is 5. The standard InChI is InChI=1S/C25H19FN2O5/c1-15(28-23(30)19-9-5-6-10-20(19)24(28)31)25(32)33-21(16-7-3-2-4-8-16)22(29)27-18-13-11-17(26)12-14-18/h2-15,21H,1H3,(H,27,29)/t15-,21-/m0/s1. The van der Waals surface area contributed by atoms with Gasteiger partial charge >= 0.3 is 5.97 Å². The van der Waals surface area contributed by atoms with Crippen molar-refractivity contribution in [1.29, 1.82) is 0 Å². The Hall–Kier alpha value is -4.33. The fraction of sp³-hybridized carbons (Fsp3) is 0.120. The molecule has 0 aliphatic carbocycles. The van der Waals surface area contributed by atoms with Crippen LogP contribution in [0, 0.1) is 5.82 Å². The molecule has 0 aromatic heterocycles. The Morgan fingerprint density at radius 3 is 1.97 bits per heavy atom. The van der Waals surface area contributed by atoms with Crippen LogP contribution in [0.15, 0.2) is 78.9 Å². The number of amides is 3. The van der Waals surface area contributed by atoms with E-state index in [0.29, 0.717) is 11.3 Å². The molecule has 1 aliphatic rings. The van der Waals surface area contributed by atoms with E-state index in [4.69, 9.17) is 4.74 Å². The summed E-state index contributed by atoms with van der Waals surface area (Å²) in [5.41, 5.74) is 1.11. The third-order valence-electron chi connectivity index (χ3n) is 5.24. The van der Waals surface area contributed by atoms with E-state index in [0.717, 1.165) is 4.90 Å². The highest BCUT2D eigenvalue weighted by Gasteiger charge is 2.42. The molecule has 0 radical (unpaired) electrons. The van der Waals surface area contributed by atoms with Crippen LogP contribution < -0.4 is 5.32 Å². The van der Waals surface area contributed by atoms with Gasteiger partial charge in [0.05, 0.1) is 11.1 Å². The van der Waals surface area contributed by atoms with Crippen molar-refractivity contribution in [1.82, 2.24) is 4.90 Å². The Morgan fingerprint density at radius 2 is 1.39 bits per heavy atom. The molecule has 1 N–H and O–H groups in total. The zero-order valence-corrected chi connectivity index (χ0v) is 17.5. The molecule has 0 saturated heterocycles. The van der Waals surface area contributed by atoms with Crippen molar-refractivity contribution < 1.29 is 28.3 Å². The summed E-state index contributed by atoms with van der Waals surface area (Å²) in [6.07, 6.45) is -1.36. The second-order valence-corrected chi connectivity index (χ2v) is 7.43. The number of ether oxygens (including phenoxy) is 1. The average molecular weight is 446 g/mol. The normalized spacial score (nSPS) is 14.4. The molecule has 0 saturated carbocycles. The van der Waals surface area contributed by atoms with Crippen LogP contribution in [0.4, 0.5) is 10.1 Å². The molecule has 3 amide bonds. The van der Waals surface area contributed by atoms with Crippen molar-refractivity contribution in [2.75, 3.05) is 5.32 Å². The first-order valence-electron chi connectivity index (χ1n) is 10.2. The lowest BCUT2D eigenvalue weighted by atomic mass is 10.1. The lowest BCUT2D eigenvalue weighted by Crippen LogP contribution is -2.44. The number of carbonyl (C=O) groups excluding carboxylic acids is 4. The summed E-state index contributed by atoms with van der Waals surface area (Å²) in [5.74, 6) is -3.27. The maximum atomic E-state index is 13.2. The first-order valence-corrected chi connectivity index (χ1v) is 10.2. The van der Waals surface area contributed by atoms with E-state index in [1.807, 2.05) is 0 Å². The Kier molecular flexibility index (Phi) is 5.99. The molecule has 1 aliphatic heterocycles. The molecular formula is C25H19FN2O5. The summed E-state index contributed by atoms with van der Waals surface area (Å²) in [5, 5.41) is 2.58. The molecule has 0 fully saturated rings. The predicted octanol–water partition coefficient (Wildman–Crippen LogP) is 3.73. The van der Waals surface area contributed by atoms with Crippen LogP contribution in [0.25, 0.3) is 0 Å². The maximum absolute atomic E-state index is 13.2. The van der Waals surface area contributed by atoms with Gasteiger partial charge in [0.15, 0.2) is 0 Å². The number of benzene rings is 3. The molecule has 33 heavy (non-hydrogen) atoms. The summed E-state index contributed by atoms with van der Waals surface area (Å²) >= 11 is 0. The minimum Gasteiger partial charge on any atom is -0.446 e. The van der Waals surface area contributed by atoms with Gasteiger partial charge in [-0.15, -0.1) is 0 Å². The molecule has 8 heteroatoms. The first kappa shape index (κ1) is 21.9. The van der Waals surface area contributed by atoms with E-state index in [1.54, 1.807) is 42.5 Å². The molecule has 3 aromatic rings. The molecule has 4 rings (SSSR count). The number of fused-ring (bicyclic) bond motifs is 1. The number of anilines is 1. The zero-order chi connectivity index (χ0) is 23.5. The Labute approximate surface area is 188 Å². The van der Waals surface area contributed by atoms with Crippen molar-refractivity contribution in [2.45, 2.75) is 19.1 Å². The van der Waals surface area contributed by atoms with Gasteiger partial charge in [-0.2, -0.15) is 0 Å². The van der Waals surface area contributed by atoms with Crippen LogP contribution in [-0.2, 0) is 14.3 Å². The topological polar surface area (TPSA) is 92.8 Å². The molecule has 7 nitrogen and oxygen atoms in total. The van der Waals surface area contributed by atoms with Crippen molar-refractivity contribution >= 4 is 29.4 Å². The van der Waals surface area contributed by atoms with Crippen molar-refractivity contribution in [3.8, 4) is 0 Å². The van der Waals surface area contributed by atoms with Crippen LogP contribution in [0.1, 0.15) is 39.3 Å². The minimum absolute atomic E-state index is 0.204. The number of nitrogens with zero attached hydrogens (tertiary/aromatic N) is 1. The second kappa shape index (κ2) is 9.04. The minimum atomic E-state index is -1.36. The molecule has 166 valence electrons. The van der Waals surface area contributed by atoms with E-state index in [2.05, 4.69) is 5.32 Å². The van der Waals surface area contributed by atoms with E-state index in [1.165, 1.54) is 43.3 Å². The summed E-state index contributed by atoms with van der Waals surface area (Å²) in [7, 11) is 0. The molecule has 3 aromatic carbocycles. The summed E-state index contributed by atoms with van der Waals surface area (Å²) in [6.45, 7) is 1.37. The lowest BCUT2D eigenvalue weighted by molar-refractivity contribution is -0.158. The SMILES string of the molecule is C[C@@H](C(=O)O[C@H](C(=O)Nc1ccc(F)cc1)c1ccccc1)N1C(=O)c2ccccc2C1=O. The van der Waals surface area contributed by atoms with Gasteiger partial charge in [-0.1, -0.05) is 42.5 Å². The van der Waals surface area contributed by atoms with Crippen LogP contribution in [0.5, 0.6) is 0 Å². The number of esters is 1. The number of halogens is 1. The Bertz CT molecular complexity index is 1190. The molecule has 1 heterocycles. The monoisotopic (exact) mass is 446 g/mol. The highest BCUT2D eigenvalue weighted by Crippen LogP contribution is 2.27. The van der Waals surface area contributed by atoms with E-state index in [9.17, 15) is 23.6 Å². The molecule has 0 bridgehead atoms. The Balaban J connectivity index is 1.55. The fourth-order valence-electron chi connectivity index (χ4n) is 3.52. The van der Waals surface area contributed by atoms with Crippen LogP contribution in [0.2, 0.25) is 0 Å². The second-order valence-electron chi connectivity index (χ2n) is 7.43. The van der Waals surface area contributed by atoms with Crippen LogP contribution >= 0.6 is 0 Å². The number of nitrogens with one attached hydrogen (secondary N) is 1. The highest BCUT2D eigenvalue weighted by atomic mass is 19.1. The van der Waals surface area contributed by atoms with Gasteiger partial charge in [-0.3, -0.25) is 19.3 Å². The van der Waals surface area contributed by atoms with Gasteiger partial charge in [0, 0.05) is 11.3 Å². The van der Waals surface area contributed by atoms with Crippen molar-refractivity contribution in [2.24, 2.45) is 0 Å². The van der Waals surface area contributed by atoms with Crippen LogP contribution in [-0.4, -0.2) is 34.6 Å². The molecule has 0 unspecified atom stereocenters. The van der Waals surface area contributed by atoms with E-state index in [-0.39, 0.29) is 11.1 Å². The van der Waals surface area contributed by atoms with E-state index < -0.39 is 41.7 Å². The number of rotatable bonds is 6. The first-order chi connectivity index (χ1) is 15.9. The van der Waals surface area contributed by atoms with Gasteiger partial charge < -0.3 is 10.1 Å². The fourth-order valence-corrected chi connectivity index (χ4v) is 3.52. The molecular weight excluding hydrogens is 427 g/mol. The molecule has 2 atom stereocenters. The lowest BCUT2D eigenvalue weighted by Gasteiger charge is -2.24. The quantitative estimate of drug-likeness (QED) is 0.460. The van der Waals surface area contributed by atoms with Crippen molar-refractivity contribution in [3.63, 3.8) is 0 Å².